The van der Waals surface area contributed by atoms with Crippen LogP contribution in [0, 0.1) is 5.82 Å². The summed E-state index contributed by atoms with van der Waals surface area (Å²) in [7, 11) is -3.43. The minimum Gasteiger partial charge on any atom is -0.488 e. The molecule has 0 unspecified atom stereocenters. The number of nitrogens with one attached hydrogen (secondary N) is 1. The zero-order valence-electron chi connectivity index (χ0n) is 8.73. The molecule has 2 rings (SSSR count). The fraction of sp³-hybridized carbons (Fsp3) is 0.400. The molecule has 1 aliphatic carbocycles. The topological polar surface area (TPSA) is 55.4 Å². The molecule has 4 nitrogen and oxygen atoms in total. The van der Waals surface area contributed by atoms with E-state index in [1.54, 1.807) is 0 Å². The summed E-state index contributed by atoms with van der Waals surface area (Å²) >= 11 is 0. The SMILES string of the molecule is CS(=O)(=O)Nc1cc(F)ccc1OC1CC1. The molecule has 0 bridgehead atoms. The average molecular weight is 245 g/mol. The third-order valence-electron chi connectivity index (χ3n) is 2.05. The Labute approximate surface area is 93.5 Å². The molecule has 1 N–H and O–H groups in total. The number of halogens is 1. The number of benzene rings is 1. The molecule has 1 aromatic rings. The van der Waals surface area contributed by atoms with Gasteiger partial charge in [0.1, 0.15) is 11.6 Å². The summed E-state index contributed by atoms with van der Waals surface area (Å²) in [6.45, 7) is 0. The van der Waals surface area contributed by atoms with Crippen LogP contribution in [0.3, 0.4) is 0 Å². The summed E-state index contributed by atoms with van der Waals surface area (Å²) in [5.74, 6) is -0.136. The number of hydrogen-bond donors (Lipinski definition) is 1. The summed E-state index contributed by atoms with van der Waals surface area (Å²) in [5.41, 5.74) is 0.148. The number of ether oxygens (including phenoxy) is 1. The van der Waals surface area contributed by atoms with Crippen LogP contribution >= 0.6 is 0 Å². The van der Waals surface area contributed by atoms with E-state index in [2.05, 4.69) is 4.72 Å². The van der Waals surface area contributed by atoms with Gasteiger partial charge in [0.25, 0.3) is 0 Å². The Kier molecular flexibility index (Phi) is 2.75. The molecule has 0 spiro atoms. The molecule has 0 aliphatic heterocycles. The van der Waals surface area contributed by atoms with Crippen molar-refractivity contribution in [2.75, 3.05) is 11.0 Å². The third-order valence-corrected chi connectivity index (χ3v) is 2.65. The zero-order chi connectivity index (χ0) is 11.8. The van der Waals surface area contributed by atoms with Crippen molar-refractivity contribution in [1.29, 1.82) is 0 Å². The lowest BCUT2D eigenvalue weighted by atomic mass is 10.3. The first-order chi connectivity index (χ1) is 7.44. The van der Waals surface area contributed by atoms with Gasteiger partial charge in [-0.2, -0.15) is 0 Å². The van der Waals surface area contributed by atoms with E-state index in [0.29, 0.717) is 5.75 Å². The summed E-state index contributed by atoms with van der Waals surface area (Å²) in [4.78, 5) is 0. The van der Waals surface area contributed by atoms with Crippen molar-refractivity contribution < 1.29 is 17.5 Å². The van der Waals surface area contributed by atoms with Crippen LogP contribution in [-0.2, 0) is 10.0 Å². The molecule has 6 heteroatoms. The molecule has 1 aliphatic rings. The van der Waals surface area contributed by atoms with Crippen molar-refractivity contribution in [3.63, 3.8) is 0 Å². The molecule has 0 aromatic heterocycles. The second-order valence-electron chi connectivity index (χ2n) is 3.83. The molecular formula is C10H12FNO3S. The predicted molar refractivity (Wildman–Crippen MR) is 58.5 cm³/mol. The molecule has 1 fully saturated rings. The van der Waals surface area contributed by atoms with Crippen molar-refractivity contribution in [1.82, 2.24) is 0 Å². The first-order valence-corrected chi connectivity index (χ1v) is 6.77. The van der Waals surface area contributed by atoms with E-state index in [4.69, 9.17) is 4.74 Å². The van der Waals surface area contributed by atoms with E-state index in [0.717, 1.165) is 25.2 Å². The Balaban J connectivity index is 2.27. The predicted octanol–water partition coefficient (Wildman–Crippen LogP) is 1.74. The maximum atomic E-state index is 13.0. The second kappa shape index (κ2) is 3.93. The fourth-order valence-corrected chi connectivity index (χ4v) is 1.81. The molecule has 88 valence electrons. The Bertz CT molecular complexity index is 497. The van der Waals surface area contributed by atoms with Gasteiger partial charge in [-0.15, -0.1) is 0 Å². The van der Waals surface area contributed by atoms with Crippen LogP contribution in [0.25, 0.3) is 0 Å². The van der Waals surface area contributed by atoms with E-state index in [1.165, 1.54) is 12.1 Å². The van der Waals surface area contributed by atoms with Gasteiger partial charge in [0.15, 0.2) is 0 Å². The smallest absolute Gasteiger partial charge is 0.229 e. The number of anilines is 1. The normalized spacial score (nSPS) is 15.9. The molecule has 0 radical (unpaired) electrons. The first-order valence-electron chi connectivity index (χ1n) is 4.88. The average Bonchev–Trinajstić information content (AvgIpc) is 2.91. The van der Waals surface area contributed by atoms with Crippen molar-refractivity contribution in [2.45, 2.75) is 18.9 Å². The van der Waals surface area contributed by atoms with Gasteiger partial charge in [-0.1, -0.05) is 0 Å². The van der Waals surface area contributed by atoms with Crippen LogP contribution < -0.4 is 9.46 Å². The molecule has 0 amide bonds. The fourth-order valence-electron chi connectivity index (χ4n) is 1.25. The lowest BCUT2D eigenvalue weighted by molar-refractivity contribution is 0.304. The Morgan fingerprint density at radius 1 is 1.44 bits per heavy atom. The molecule has 1 saturated carbocycles. The minimum atomic E-state index is -3.43. The van der Waals surface area contributed by atoms with E-state index < -0.39 is 15.8 Å². The van der Waals surface area contributed by atoms with Crippen LogP contribution in [0.4, 0.5) is 10.1 Å². The van der Waals surface area contributed by atoms with Gasteiger partial charge in [-0.25, -0.2) is 12.8 Å². The maximum absolute atomic E-state index is 13.0. The van der Waals surface area contributed by atoms with Gasteiger partial charge in [-0.05, 0) is 25.0 Å². The molecule has 16 heavy (non-hydrogen) atoms. The largest absolute Gasteiger partial charge is 0.488 e. The zero-order valence-corrected chi connectivity index (χ0v) is 9.55. The lowest BCUT2D eigenvalue weighted by Crippen LogP contribution is -2.11. The van der Waals surface area contributed by atoms with E-state index >= 15 is 0 Å². The lowest BCUT2D eigenvalue weighted by Gasteiger charge is -2.11. The van der Waals surface area contributed by atoms with E-state index in [9.17, 15) is 12.8 Å². The van der Waals surface area contributed by atoms with Gasteiger partial charge in [0, 0.05) is 6.07 Å². The number of hydrogen-bond acceptors (Lipinski definition) is 3. The minimum absolute atomic E-state index is 0.130. The summed E-state index contributed by atoms with van der Waals surface area (Å²) in [6.07, 6.45) is 3.05. The standard InChI is InChI=1S/C10H12FNO3S/c1-16(13,14)12-9-6-7(11)2-5-10(9)15-8-3-4-8/h2,5-6,8,12H,3-4H2,1H3. The van der Waals surface area contributed by atoms with Crippen LogP contribution in [0.1, 0.15) is 12.8 Å². The van der Waals surface area contributed by atoms with E-state index in [1.807, 2.05) is 0 Å². The van der Waals surface area contributed by atoms with Crippen molar-refractivity contribution in [3.8, 4) is 5.75 Å². The number of sulfonamides is 1. The number of rotatable bonds is 4. The maximum Gasteiger partial charge on any atom is 0.229 e. The second-order valence-corrected chi connectivity index (χ2v) is 5.58. The van der Waals surface area contributed by atoms with Crippen LogP contribution in [0.15, 0.2) is 18.2 Å². The molecule has 0 saturated heterocycles. The quantitative estimate of drug-likeness (QED) is 0.879. The van der Waals surface area contributed by atoms with Gasteiger partial charge in [-0.3, -0.25) is 4.72 Å². The highest BCUT2D eigenvalue weighted by molar-refractivity contribution is 7.92. The highest BCUT2D eigenvalue weighted by Crippen LogP contribution is 2.32. The highest BCUT2D eigenvalue weighted by Gasteiger charge is 2.25. The van der Waals surface area contributed by atoms with Gasteiger partial charge in [0.05, 0.1) is 18.0 Å². The molecule has 1 aromatic carbocycles. The summed E-state index contributed by atoms with van der Waals surface area (Å²) in [5, 5.41) is 0. The summed E-state index contributed by atoms with van der Waals surface area (Å²) in [6, 6.07) is 3.78. The monoisotopic (exact) mass is 245 g/mol. The van der Waals surface area contributed by atoms with Gasteiger partial charge >= 0.3 is 0 Å². The molecule has 0 atom stereocenters. The summed E-state index contributed by atoms with van der Waals surface area (Å²) < 4.78 is 42.8. The van der Waals surface area contributed by atoms with Gasteiger partial charge < -0.3 is 4.74 Å². The van der Waals surface area contributed by atoms with Crippen LogP contribution in [0.5, 0.6) is 5.75 Å². The highest BCUT2D eigenvalue weighted by atomic mass is 32.2. The molecular weight excluding hydrogens is 233 g/mol. The Hall–Kier alpha value is -1.30. The van der Waals surface area contributed by atoms with Crippen molar-refractivity contribution in [2.24, 2.45) is 0 Å². The Morgan fingerprint density at radius 2 is 2.12 bits per heavy atom. The third kappa shape index (κ3) is 3.10. The van der Waals surface area contributed by atoms with Gasteiger partial charge in [0.2, 0.25) is 10.0 Å². The van der Waals surface area contributed by atoms with Crippen molar-refractivity contribution >= 4 is 15.7 Å². The Morgan fingerprint density at radius 3 is 2.69 bits per heavy atom. The first kappa shape index (κ1) is 11.2. The van der Waals surface area contributed by atoms with Crippen molar-refractivity contribution in [3.05, 3.63) is 24.0 Å². The van der Waals surface area contributed by atoms with Crippen LogP contribution in [0.2, 0.25) is 0 Å². The molecule has 0 heterocycles. The van der Waals surface area contributed by atoms with Crippen LogP contribution in [-0.4, -0.2) is 20.8 Å². The van der Waals surface area contributed by atoms with E-state index in [-0.39, 0.29) is 11.8 Å².